The van der Waals surface area contributed by atoms with E-state index in [1.165, 1.54) is 5.56 Å². The first-order chi connectivity index (χ1) is 15.7. The fraction of sp³-hybridized carbons (Fsp3) is 0.0833. The Morgan fingerprint density at radius 2 is 1.78 bits per heavy atom. The van der Waals surface area contributed by atoms with E-state index in [9.17, 15) is 0 Å². The molecule has 0 saturated heterocycles. The molecule has 8 heteroatoms. The number of hydrogen-bond acceptors (Lipinski definition) is 6. The molecule has 6 heterocycles. The summed E-state index contributed by atoms with van der Waals surface area (Å²) in [5.41, 5.74) is 8.69. The van der Waals surface area contributed by atoms with Gasteiger partial charge in [0.05, 0.1) is 17.6 Å². The number of nitrogens with zero attached hydrogens (tertiary/aromatic N) is 5. The zero-order valence-corrected chi connectivity index (χ0v) is 18.3. The van der Waals surface area contributed by atoms with Crippen LogP contribution in [0.5, 0.6) is 0 Å². The van der Waals surface area contributed by atoms with Gasteiger partial charge in [0.25, 0.3) is 0 Å². The van der Waals surface area contributed by atoms with Gasteiger partial charge in [-0.2, -0.15) is 16.4 Å². The van der Waals surface area contributed by atoms with Crippen LogP contribution in [-0.2, 0) is 0 Å². The molecule has 0 aliphatic rings. The molecule has 6 aromatic rings. The van der Waals surface area contributed by atoms with Gasteiger partial charge in [-0.3, -0.25) is 10.1 Å². The molecule has 156 valence electrons. The van der Waals surface area contributed by atoms with Crippen LogP contribution in [0.3, 0.4) is 0 Å². The highest BCUT2D eigenvalue weighted by atomic mass is 32.1. The van der Waals surface area contributed by atoms with Crippen molar-refractivity contribution in [3.8, 4) is 33.6 Å². The molecule has 6 aromatic heterocycles. The van der Waals surface area contributed by atoms with Crippen molar-refractivity contribution in [1.82, 2.24) is 30.1 Å². The zero-order chi connectivity index (χ0) is 21.7. The number of fused-ring (bicyclic) bond motifs is 2. The number of pyridine rings is 3. The monoisotopic (exact) mass is 437 g/mol. The van der Waals surface area contributed by atoms with Gasteiger partial charge in [0.15, 0.2) is 5.65 Å². The lowest BCUT2D eigenvalue weighted by molar-refractivity contribution is 1.10. The normalized spacial score (nSPS) is 11.4. The second-order valence-electron chi connectivity index (χ2n) is 7.83. The smallest absolute Gasteiger partial charge is 0.155 e. The number of H-pyrrole nitrogens is 2. The summed E-state index contributed by atoms with van der Waals surface area (Å²) in [4.78, 5) is 19.0. The SMILES string of the molecule is CN(C)c1cncc(-c2cnc3[nH]nc(-c4cc5c(-c6ccsc6)ccnc5[nH]4)c3c2)c1. The maximum Gasteiger partial charge on any atom is 0.155 e. The maximum atomic E-state index is 4.60. The third-order valence-corrected chi connectivity index (χ3v) is 6.29. The van der Waals surface area contributed by atoms with Gasteiger partial charge in [0.1, 0.15) is 11.3 Å². The minimum Gasteiger partial charge on any atom is -0.376 e. The predicted molar refractivity (Wildman–Crippen MR) is 130 cm³/mol. The van der Waals surface area contributed by atoms with E-state index in [1.54, 1.807) is 11.3 Å². The number of anilines is 1. The third kappa shape index (κ3) is 3.04. The van der Waals surface area contributed by atoms with E-state index in [0.29, 0.717) is 0 Å². The lowest BCUT2D eigenvalue weighted by atomic mass is 10.1. The Kier molecular flexibility index (Phi) is 4.26. The van der Waals surface area contributed by atoms with Gasteiger partial charge in [-0.15, -0.1) is 0 Å². The molecule has 0 unspecified atom stereocenters. The lowest BCUT2D eigenvalue weighted by Gasteiger charge is -2.12. The quantitative estimate of drug-likeness (QED) is 0.388. The van der Waals surface area contributed by atoms with Crippen LogP contribution >= 0.6 is 11.3 Å². The number of aromatic amines is 2. The molecule has 0 spiro atoms. The molecule has 6 rings (SSSR count). The molecule has 0 fully saturated rings. The highest BCUT2D eigenvalue weighted by Crippen LogP contribution is 2.34. The van der Waals surface area contributed by atoms with Crippen molar-refractivity contribution >= 4 is 39.1 Å². The topological polar surface area (TPSA) is 86.4 Å². The number of nitrogens with one attached hydrogen (secondary N) is 2. The number of aromatic nitrogens is 6. The summed E-state index contributed by atoms with van der Waals surface area (Å²) in [6, 6.07) is 10.5. The molecule has 0 bridgehead atoms. The van der Waals surface area contributed by atoms with Crippen molar-refractivity contribution in [1.29, 1.82) is 0 Å². The molecular formula is C24H19N7S. The Labute approximate surface area is 187 Å². The largest absolute Gasteiger partial charge is 0.376 e. The Morgan fingerprint density at radius 3 is 2.62 bits per heavy atom. The molecular weight excluding hydrogens is 418 g/mol. The molecule has 32 heavy (non-hydrogen) atoms. The van der Waals surface area contributed by atoms with E-state index in [1.807, 2.05) is 43.8 Å². The van der Waals surface area contributed by atoms with Gasteiger partial charge in [0.2, 0.25) is 0 Å². The van der Waals surface area contributed by atoms with Crippen molar-refractivity contribution in [3.63, 3.8) is 0 Å². The fourth-order valence-corrected chi connectivity index (χ4v) is 4.58. The predicted octanol–water partition coefficient (Wildman–Crippen LogP) is 5.36. The van der Waals surface area contributed by atoms with Crippen molar-refractivity contribution in [2.45, 2.75) is 0 Å². The van der Waals surface area contributed by atoms with E-state index in [0.717, 1.165) is 55.8 Å². The highest BCUT2D eigenvalue weighted by Gasteiger charge is 2.16. The summed E-state index contributed by atoms with van der Waals surface area (Å²) in [6.45, 7) is 0. The first kappa shape index (κ1) is 18.7. The summed E-state index contributed by atoms with van der Waals surface area (Å²) in [6.07, 6.45) is 7.39. The van der Waals surface area contributed by atoms with Gasteiger partial charge in [-0.25, -0.2) is 9.97 Å². The Balaban J connectivity index is 1.49. The summed E-state index contributed by atoms with van der Waals surface area (Å²) in [5, 5.41) is 13.9. The lowest BCUT2D eigenvalue weighted by Crippen LogP contribution is -2.08. The molecule has 0 amide bonds. The molecule has 2 N–H and O–H groups in total. The second kappa shape index (κ2) is 7.28. The van der Waals surface area contributed by atoms with Crippen LogP contribution in [-0.4, -0.2) is 44.2 Å². The molecule has 0 radical (unpaired) electrons. The summed E-state index contributed by atoms with van der Waals surface area (Å²) in [7, 11) is 4.01. The molecule has 0 aromatic carbocycles. The molecule has 0 aliphatic heterocycles. The standard InChI is InChI=1S/C24H19N7S/c1-31(2)17-7-15(10-25-12-17)16-8-20-22(29-30-24(20)27-11-16)21-9-19-18(14-4-6-32-13-14)3-5-26-23(19)28-21/h3-13H,1-2H3,(H,26,28)(H,27,29,30). The van der Waals surface area contributed by atoms with Crippen LogP contribution in [0.4, 0.5) is 5.69 Å². The van der Waals surface area contributed by atoms with Crippen LogP contribution in [0.1, 0.15) is 0 Å². The van der Waals surface area contributed by atoms with E-state index in [2.05, 4.69) is 71.2 Å². The van der Waals surface area contributed by atoms with E-state index in [-0.39, 0.29) is 0 Å². The van der Waals surface area contributed by atoms with Crippen LogP contribution in [0.25, 0.3) is 55.7 Å². The van der Waals surface area contributed by atoms with E-state index >= 15 is 0 Å². The van der Waals surface area contributed by atoms with Crippen molar-refractivity contribution in [2.24, 2.45) is 0 Å². The Bertz CT molecular complexity index is 1560. The molecule has 0 atom stereocenters. The van der Waals surface area contributed by atoms with Gasteiger partial charge in [-0.1, -0.05) is 0 Å². The van der Waals surface area contributed by atoms with Crippen molar-refractivity contribution in [2.75, 3.05) is 19.0 Å². The van der Waals surface area contributed by atoms with Crippen LogP contribution in [0.15, 0.2) is 65.9 Å². The zero-order valence-electron chi connectivity index (χ0n) is 17.5. The van der Waals surface area contributed by atoms with Crippen molar-refractivity contribution < 1.29 is 0 Å². The number of rotatable bonds is 4. The average molecular weight is 438 g/mol. The van der Waals surface area contributed by atoms with Gasteiger partial charge in [0, 0.05) is 54.6 Å². The molecule has 0 saturated carbocycles. The first-order valence-electron chi connectivity index (χ1n) is 10.1. The Hall–Kier alpha value is -4.04. The van der Waals surface area contributed by atoms with Crippen LogP contribution in [0.2, 0.25) is 0 Å². The summed E-state index contributed by atoms with van der Waals surface area (Å²) >= 11 is 1.69. The number of hydrogen-bond donors (Lipinski definition) is 2. The number of thiophene rings is 1. The van der Waals surface area contributed by atoms with Crippen LogP contribution < -0.4 is 4.90 Å². The summed E-state index contributed by atoms with van der Waals surface area (Å²) < 4.78 is 0. The van der Waals surface area contributed by atoms with Crippen molar-refractivity contribution in [3.05, 3.63) is 65.9 Å². The average Bonchev–Trinajstić information content (AvgIpc) is 3.57. The van der Waals surface area contributed by atoms with E-state index in [4.69, 9.17) is 0 Å². The Morgan fingerprint density at radius 1 is 0.875 bits per heavy atom. The van der Waals surface area contributed by atoms with Gasteiger partial charge >= 0.3 is 0 Å². The molecule has 0 aliphatic carbocycles. The maximum absolute atomic E-state index is 4.60. The van der Waals surface area contributed by atoms with Gasteiger partial charge < -0.3 is 9.88 Å². The minimum absolute atomic E-state index is 0.741. The van der Waals surface area contributed by atoms with Crippen LogP contribution in [0, 0.1) is 0 Å². The molecule has 7 nitrogen and oxygen atoms in total. The first-order valence-corrected chi connectivity index (χ1v) is 11.1. The van der Waals surface area contributed by atoms with E-state index < -0.39 is 0 Å². The minimum atomic E-state index is 0.741. The third-order valence-electron chi connectivity index (χ3n) is 5.61. The second-order valence-corrected chi connectivity index (χ2v) is 8.61. The highest BCUT2D eigenvalue weighted by molar-refractivity contribution is 7.08. The van der Waals surface area contributed by atoms with Gasteiger partial charge in [-0.05, 0) is 52.2 Å². The fourth-order valence-electron chi connectivity index (χ4n) is 3.92. The summed E-state index contributed by atoms with van der Waals surface area (Å²) in [5.74, 6) is 0.